The van der Waals surface area contributed by atoms with Gasteiger partial charge < -0.3 is 15.3 Å². The minimum absolute atomic E-state index is 0.323. The molecule has 2 aromatic rings. The van der Waals surface area contributed by atoms with Crippen LogP contribution in [0.4, 0.5) is 0 Å². The predicted molar refractivity (Wildman–Crippen MR) is 64.6 cm³/mol. The van der Waals surface area contributed by atoms with Gasteiger partial charge in [0.15, 0.2) is 0 Å². The summed E-state index contributed by atoms with van der Waals surface area (Å²) in [6, 6.07) is 7.11. The summed E-state index contributed by atoms with van der Waals surface area (Å²) < 4.78 is 11.4. The number of aromatic nitrogens is 1. The average Bonchev–Trinajstić information content (AvgIpc) is 2.66. The Kier molecular flexibility index (Phi) is 2.91. The van der Waals surface area contributed by atoms with Crippen molar-refractivity contribution < 1.29 is 14.3 Å². The normalized spacial score (nSPS) is 10.5. The monoisotopic (exact) mass is 234 g/mol. The molecule has 0 amide bonds. The van der Waals surface area contributed by atoms with Crippen LogP contribution in [0, 0.1) is 0 Å². The van der Waals surface area contributed by atoms with E-state index in [1.807, 2.05) is 6.07 Å². The molecular weight excluding hydrogens is 220 g/mol. The summed E-state index contributed by atoms with van der Waals surface area (Å²) >= 11 is 0. The maximum Gasteiger partial charge on any atom is 0.356 e. The summed E-state index contributed by atoms with van der Waals surface area (Å²) in [5, 5.41) is 0.843. The smallest absolute Gasteiger partial charge is 0.356 e. The van der Waals surface area contributed by atoms with E-state index in [0.29, 0.717) is 12.3 Å². The van der Waals surface area contributed by atoms with Crippen molar-refractivity contribution in [1.82, 2.24) is 4.68 Å². The van der Waals surface area contributed by atoms with Crippen molar-refractivity contribution in [3.8, 4) is 5.75 Å². The first-order chi connectivity index (χ1) is 8.17. The third kappa shape index (κ3) is 1.91. The molecule has 1 heterocycles. The third-order valence-electron chi connectivity index (χ3n) is 2.53. The molecule has 0 unspecified atom stereocenters. The first-order valence-corrected chi connectivity index (χ1v) is 5.29. The molecule has 0 aliphatic rings. The molecule has 17 heavy (non-hydrogen) atoms. The van der Waals surface area contributed by atoms with Crippen LogP contribution in [0.2, 0.25) is 0 Å². The molecule has 0 radical (unpaired) electrons. The molecule has 90 valence electrons. The van der Waals surface area contributed by atoms with E-state index >= 15 is 0 Å². The Morgan fingerprint density at radius 1 is 1.41 bits per heavy atom. The highest BCUT2D eigenvalue weighted by atomic mass is 16.5. The molecule has 2 N–H and O–H groups in total. The van der Waals surface area contributed by atoms with E-state index in [1.54, 1.807) is 32.2 Å². The molecule has 0 aliphatic carbocycles. The Hall–Kier alpha value is -2.17. The van der Waals surface area contributed by atoms with E-state index in [0.717, 1.165) is 16.7 Å². The fourth-order valence-electron chi connectivity index (χ4n) is 1.70. The Morgan fingerprint density at radius 3 is 2.82 bits per heavy atom. The van der Waals surface area contributed by atoms with Gasteiger partial charge in [0.1, 0.15) is 11.4 Å². The largest absolute Gasteiger partial charge is 0.497 e. The molecular formula is C12H14N2O3. The van der Waals surface area contributed by atoms with Gasteiger partial charge in [0.25, 0.3) is 0 Å². The molecule has 1 aromatic heterocycles. The van der Waals surface area contributed by atoms with Gasteiger partial charge in [0.2, 0.25) is 0 Å². The Morgan fingerprint density at radius 2 is 2.18 bits per heavy atom. The van der Waals surface area contributed by atoms with E-state index in [9.17, 15) is 4.79 Å². The number of benzene rings is 1. The van der Waals surface area contributed by atoms with E-state index < -0.39 is 5.97 Å². The molecule has 1 aromatic carbocycles. The fourth-order valence-corrected chi connectivity index (χ4v) is 1.70. The van der Waals surface area contributed by atoms with Gasteiger partial charge in [-0.05, 0) is 31.2 Å². The van der Waals surface area contributed by atoms with E-state index in [-0.39, 0.29) is 0 Å². The topological polar surface area (TPSA) is 66.5 Å². The minimum atomic E-state index is -0.426. The van der Waals surface area contributed by atoms with Crippen molar-refractivity contribution in [2.45, 2.75) is 6.92 Å². The van der Waals surface area contributed by atoms with E-state index in [1.165, 1.54) is 4.68 Å². The molecule has 5 heteroatoms. The van der Waals surface area contributed by atoms with Crippen LogP contribution in [-0.4, -0.2) is 24.4 Å². The van der Waals surface area contributed by atoms with Crippen molar-refractivity contribution in [3.63, 3.8) is 0 Å². The highest BCUT2D eigenvalue weighted by Crippen LogP contribution is 2.23. The number of nitrogens with two attached hydrogens (primary N) is 1. The van der Waals surface area contributed by atoms with Crippen LogP contribution in [0.3, 0.4) is 0 Å². The van der Waals surface area contributed by atoms with Crippen LogP contribution >= 0.6 is 0 Å². The molecule has 0 saturated carbocycles. The first kappa shape index (κ1) is 11.3. The summed E-state index contributed by atoms with van der Waals surface area (Å²) in [5.74, 6) is 6.13. The zero-order valence-corrected chi connectivity index (χ0v) is 9.77. The lowest BCUT2D eigenvalue weighted by Gasteiger charge is -2.03. The number of nitrogens with zero attached hydrogens (tertiary/aromatic N) is 1. The number of fused-ring (bicyclic) bond motifs is 1. The molecule has 0 saturated heterocycles. The van der Waals surface area contributed by atoms with Gasteiger partial charge in [0, 0.05) is 5.39 Å². The lowest BCUT2D eigenvalue weighted by molar-refractivity contribution is 0.0517. The summed E-state index contributed by atoms with van der Waals surface area (Å²) in [5.41, 5.74) is 1.09. The number of carbonyl (C=O) groups is 1. The summed E-state index contributed by atoms with van der Waals surface area (Å²) in [4.78, 5) is 11.6. The Labute approximate surface area is 98.7 Å². The Balaban J connectivity index is 2.52. The second-order valence-corrected chi connectivity index (χ2v) is 3.54. The summed E-state index contributed by atoms with van der Waals surface area (Å²) in [7, 11) is 1.59. The number of hydrogen-bond donors (Lipinski definition) is 1. The molecule has 5 nitrogen and oxygen atoms in total. The van der Waals surface area contributed by atoms with E-state index in [4.69, 9.17) is 15.3 Å². The van der Waals surface area contributed by atoms with Crippen LogP contribution in [-0.2, 0) is 4.74 Å². The maximum absolute atomic E-state index is 11.6. The Bertz CT molecular complexity index is 560. The summed E-state index contributed by atoms with van der Waals surface area (Å²) in [6.45, 7) is 2.08. The van der Waals surface area contributed by atoms with Gasteiger partial charge in [-0.1, -0.05) is 0 Å². The van der Waals surface area contributed by atoms with Crippen LogP contribution in [0.15, 0.2) is 24.3 Å². The summed E-state index contributed by atoms with van der Waals surface area (Å²) in [6.07, 6.45) is 0. The standard InChI is InChI=1S/C12H14N2O3/c1-3-17-12(15)11-7-8-6-9(16-2)4-5-10(8)14(11)13/h4-7H,3,13H2,1-2H3. The molecule has 0 aliphatic heterocycles. The number of esters is 1. The van der Waals surface area contributed by atoms with Crippen molar-refractivity contribution >= 4 is 16.9 Å². The van der Waals surface area contributed by atoms with Crippen LogP contribution in [0.25, 0.3) is 10.9 Å². The zero-order valence-electron chi connectivity index (χ0n) is 9.77. The zero-order chi connectivity index (χ0) is 12.4. The number of nitrogen functional groups attached to an aromatic ring is 1. The van der Waals surface area contributed by atoms with Crippen molar-refractivity contribution in [3.05, 3.63) is 30.0 Å². The SMILES string of the molecule is CCOC(=O)c1cc2cc(OC)ccc2n1N. The number of methoxy groups -OCH3 is 1. The highest BCUT2D eigenvalue weighted by molar-refractivity contribution is 5.96. The van der Waals surface area contributed by atoms with Crippen molar-refractivity contribution in [2.24, 2.45) is 0 Å². The van der Waals surface area contributed by atoms with Crippen molar-refractivity contribution in [1.29, 1.82) is 0 Å². The van der Waals surface area contributed by atoms with Crippen LogP contribution in [0.1, 0.15) is 17.4 Å². The molecule has 0 bridgehead atoms. The molecule has 0 atom stereocenters. The van der Waals surface area contributed by atoms with Gasteiger partial charge in [-0.25, -0.2) is 4.79 Å². The number of rotatable bonds is 3. The van der Waals surface area contributed by atoms with E-state index in [2.05, 4.69) is 0 Å². The second kappa shape index (κ2) is 4.37. The number of ether oxygens (including phenoxy) is 2. The maximum atomic E-state index is 11.6. The highest BCUT2D eigenvalue weighted by Gasteiger charge is 2.15. The lowest BCUT2D eigenvalue weighted by Crippen LogP contribution is -2.17. The van der Waals surface area contributed by atoms with Gasteiger partial charge >= 0.3 is 5.97 Å². The first-order valence-electron chi connectivity index (χ1n) is 5.29. The molecule has 0 fully saturated rings. The van der Waals surface area contributed by atoms with Gasteiger partial charge in [0.05, 0.1) is 19.2 Å². The van der Waals surface area contributed by atoms with Gasteiger partial charge in [-0.3, -0.25) is 4.68 Å². The lowest BCUT2D eigenvalue weighted by atomic mass is 10.2. The quantitative estimate of drug-likeness (QED) is 0.646. The minimum Gasteiger partial charge on any atom is -0.497 e. The fraction of sp³-hybridized carbons (Fsp3) is 0.250. The molecule has 0 spiro atoms. The van der Waals surface area contributed by atoms with Gasteiger partial charge in [-0.15, -0.1) is 0 Å². The third-order valence-corrected chi connectivity index (χ3v) is 2.53. The van der Waals surface area contributed by atoms with Crippen LogP contribution in [0.5, 0.6) is 5.75 Å². The van der Waals surface area contributed by atoms with Gasteiger partial charge in [-0.2, -0.15) is 0 Å². The number of hydrogen-bond acceptors (Lipinski definition) is 4. The second-order valence-electron chi connectivity index (χ2n) is 3.54. The molecule has 2 rings (SSSR count). The predicted octanol–water partition coefficient (Wildman–Crippen LogP) is 1.54. The number of carbonyl (C=O) groups excluding carboxylic acids is 1. The van der Waals surface area contributed by atoms with Crippen molar-refractivity contribution in [2.75, 3.05) is 19.6 Å². The average molecular weight is 234 g/mol. The van der Waals surface area contributed by atoms with Crippen LogP contribution < -0.4 is 10.6 Å².